The molecule has 1 saturated heterocycles. The predicted octanol–water partition coefficient (Wildman–Crippen LogP) is 2.61. The average Bonchev–Trinajstić information content (AvgIpc) is 2.81. The van der Waals surface area contributed by atoms with Crippen molar-refractivity contribution in [2.75, 3.05) is 19.8 Å². The molecule has 0 aromatic carbocycles. The maximum atomic E-state index is 12.4. The number of carbonyl (C=O) groups excluding carboxylic acids is 1. The number of hydrogen-bond acceptors (Lipinski definition) is 6. The maximum absolute atomic E-state index is 12.4. The largest absolute Gasteiger partial charge is 0.493 e. The van der Waals surface area contributed by atoms with Crippen LogP contribution in [0.2, 0.25) is 0 Å². The topological polar surface area (TPSA) is 61.3 Å². The number of rotatable bonds is 6. The van der Waals surface area contributed by atoms with Gasteiger partial charge in [-0.25, -0.2) is 9.97 Å². The summed E-state index contributed by atoms with van der Waals surface area (Å²) in [6, 6.07) is 3.57. The van der Waals surface area contributed by atoms with Crippen molar-refractivity contribution in [3.63, 3.8) is 0 Å². The minimum Gasteiger partial charge on any atom is -0.493 e. The smallest absolute Gasteiger partial charge is 0.188 e. The summed E-state index contributed by atoms with van der Waals surface area (Å²) in [7, 11) is 0. The van der Waals surface area contributed by atoms with E-state index in [-0.39, 0.29) is 12.2 Å². The second kappa shape index (κ2) is 6.54. The Morgan fingerprint density at radius 2 is 2.14 bits per heavy atom. The summed E-state index contributed by atoms with van der Waals surface area (Å²) in [6.07, 6.45) is 0.283. The highest BCUT2D eigenvalue weighted by atomic mass is 32.1. The van der Waals surface area contributed by atoms with Crippen molar-refractivity contribution >= 4 is 17.1 Å². The molecule has 0 amide bonds. The van der Waals surface area contributed by atoms with Crippen LogP contribution in [0, 0.1) is 19.8 Å². The van der Waals surface area contributed by atoms with Crippen molar-refractivity contribution in [1.29, 1.82) is 0 Å². The first-order valence-electron chi connectivity index (χ1n) is 7.23. The molecule has 1 fully saturated rings. The highest BCUT2D eigenvalue weighted by molar-refractivity contribution is 7.09. The fraction of sp³-hybridized carbons (Fsp3) is 0.438. The maximum Gasteiger partial charge on any atom is 0.188 e. The molecule has 0 N–H and O–H groups in total. The van der Waals surface area contributed by atoms with Crippen molar-refractivity contribution in [2.24, 2.45) is 5.92 Å². The zero-order valence-electron chi connectivity index (χ0n) is 12.7. The molecule has 0 atom stereocenters. The summed E-state index contributed by atoms with van der Waals surface area (Å²) in [6.45, 7) is 5.90. The van der Waals surface area contributed by atoms with Crippen LogP contribution in [-0.2, 0) is 11.2 Å². The van der Waals surface area contributed by atoms with Gasteiger partial charge in [-0.3, -0.25) is 4.79 Å². The molecule has 0 unspecified atom stereocenters. The quantitative estimate of drug-likeness (QED) is 0.766. The van der Waals surface area contributed by atoms with E-state index in [0.29, 0.717) is 24.0 Å². The van der Waals surface area contributed by atoms with Crippen LogP contribution >= 0.6 is 11.3 Å². The Hall–Kier alpha value is -1.79. The Balaban J connectivity index is 1.68. The van der Waals surface area contributed by atoms with E-state index in [0.717, 1.165) is 29.6 Å². The molecule has 2 aromatic heterocycles. The van der Waals surface area contributed by atoms with Crippen LogP contribution < -0.4 is 4.74 Å². The molecule has 0 spiro atoms. The first-order valence-corrected chi connectivity index (χ1v) is 8.11. The molecule has 3 rings (SSSR count). The summed E-state index contributed by atoms with van der Waals surface area (Å²) in [5.74, 6) is 1.11. The number of pyridine rings is 1. The van der Waals surface area contributed by atoms with Crippen molar-refractivity contribution in [3.05, 3.63) is 39.6 Å². The van der Waals surface area contributed by atoms with Crippen LogP contribution in [0.15, 0.2) is 17.5 Å². The third-order valence-corrected chi connectivity index (χ3v) is 4.35. The summed E-state index contributed by atoms with van der Waals surface area (Å²) in [5.41, 5.74) is 2.16. The van der Waals surface area contributed by atoms with Crippen LogP contribution in [0.5, 0.6) is 5.75 Å². The van der Waals surface area contributed by atoms with E-state index in [1.807, 2.05) is 25.3 Å². The number of ether oxygens (including phenoxy) is 2. The van der Waals surface area contributed by atoms with Gasteiger partial charge in [-0.05, 0) is 13.8 Å². The molecule has 3 heterocycles. The van der Waals surface area contributed by atoms with Gasteiger partial charge in [-0.15, -0.1) is 11.3 Å². The van der Waals surface area contributed by atoms with Crippen LogP contribution in [0.1, 0.15) is 26.9 Å². The Labute approximate surface area is 133 Å². The number of Topliss-reactive ketones (excluding diaryl/α,β-unsaturated/α-hetero) is 1. The lowest BCUT2D eigenvalue weighted by Crippen LogP contribution is -2.32. The molecule has 0 radical (unpaired) electrons. The fourth-order valence-corrected chi connectivity index (χ4v) is 2.94. The number of ketones is 1. The van der Waals surface area contributed by atoms with Gasteiger partial charge in [0.2, 0.25) is 0 Å². The van der Waals surface area contributed by atoms with E-state index in [2.05, 4.69) is 9.97 Å². The number of carbonyl (C=O) groups is 1. The zero-order valence-corrected chi connectivity index (χ0v) is 13.5. The predicted molar refractivity (Wildman–Crippen MR) is 83.7 cm³/mol. The van der Waals surface area contributed by atoms with Crippen molar-refractivity contribution in [1.82, 2.24) is 9.97 Å². The molecule has 116 valence electrons. The summed E-state index contributed by atoms with van der Waals surface area (Å²) >= 11 is 1.50. The molecule has 0 bridgehead atoms. The van der Waals surface area contributed by atoms with Gasteiger partial charge in [0.1, 0.15) is 16.5 Å². The average molecular weight is 318 g/mol. The third-order valence-electron chi connectivity index (χ3n) is 3.38. The second-order valence-electron chi connectivity index (χ2n) is 5.53. The molecular formula is C16H18N2O3S. The van der Waals surface area contributed by atoms with Gasteiger partial charge in [-0.1, -0.05) is 0 Å². The van der Waals surface area contributed by atoms with Gasteiger partial charge in [0.15, 0.2) is 5.78 Å². The zero-order chi connectivity index (χ0) is 15.5. The van der Waals surface area contributed by atoms with Crippen molar-refractivity contribution in [2.45, 2.75) is 20.3 Å². The minimum absolute atomic E-state index is 0.0325. The van der Waals surface area contributed by atoms with E-state index >= 15 is 0 Å². The van der Waals surface area contributed by atoms with Crippen LogP contribution in [0.3, 0.4) is 0 Å². The molecule has 0 aliphatic carbocycles. The number of nitrogens with zero attached hydrogens (tertiary/aromatic N) is 2. The standard InChI is InChI=1S/C16H18N2O3S/c1-10-3-13(21-8-12-6-20-7-12)4-14(17-10)15(19)5-16-18-11(2)9-22-16/h3-4,9,12H,5-8H2,1-2H3. The van der Waals surface area contributed by atoms with E-state index in [1.54, 1.807) is 6.07 Å². The molecule has 1 aliphatic rings. The Morgan fingerprint density at radius 1 is 1.32 bits per heavy atom. The van der Waals surface area contributed by atoms with E-state index in [4.69, 9.17) is 9.47 Å². The van der Waals surface area contributed by atoms with Gasteiger partial charge in [0.05, 0.1) is 26.2 Å². The number of thiazole rings is 1. The highest BCUT2D eigenvalue weighted by Crippen LogP contribution is 2.19. The Kier molecular flexibility index (Phi) is 4.49. The third kappa shape index (κ3) is 3.69. The van der Waals surface area contributed by atoms with Crippen molar-refractivity contribution in [3.8, 4) is 5.75 Å². The minimum atomic E-state index is -0.0325. The van der Waals surface area contributed by atoms with Gasteiger partial charge in [-0.2, -0.15) is 0 Å². The number of aromatic nitrogens is 2. The lowest BCUT2D eigenvalue weighted by atomic mass is 10.1. The SMILES string of the molecule is Cc1cc(OCC2COC2)cc(C(=O)Cc2nc(C)cs2)n1. The van der Waals surface area contributed by atoms with Crippen LogP contribution in [-0.4, -0.2) is 35.6 Å². The lowest BCUT2D eigenvalue weighted by Gasteiger charge is -2.25. The molecule has 22 heavy (non-hydrogen) atoms. The number of hydrogen-bond donors (Lipinski definition) is 0. The lowest BCUT2D eigenvalue weighted by molar-refractivity contribution is -0.0508. The van der Waals surface area contributed by atoms with E-state index in [9.17, 15) is 4.79 Å². The van der Waals surface area contributed by atoms with Gasteiger partial charge in [0.25, 0.3) is 0 Å². The van der Waals surface area contributed by atoms with Gasteiger partial charge < -0.3 is 9.47 Å². The molecule has 6 heteroatoms. The Bertz CT molecular complexity index is 680. The first-order chi connectivity index (χ1) is 10.6. The normalized spacial score (nSPS) is 14.6. The van der Waals surface area contributed by atoms with Crippen molar-refractivity contribution < 1.29 is 14.3 Å². The molecule has 5 nitrogen and oxygen atoms in total. The van der Waals surface area contributed by atoms with E-state index in [1.165, 1.54) is 11.3 Å². The summed E-state index contributed by atoms with van der Waals surface area (Å²) < 4.78 is 10.9. The van der Waals surface area contributed by atoms with Crippen LogP contribution in [0.4, 0.5) is 0 Å². The van der Waals surface area contributed by atoms with Crippen LogP contribution in [0.25, 0.3) is 0 Å². The fourth-order valence-electron chi connectivity index (χ4n) is 2.17. The monoisotopic (exact) mass is 318 g/mol. The van der Waals surface area contributed by atoms with E-state index < -0.39 is 0 Å². The first kappa shape index (κ1) is 15.1. The van der Waals surface area contributed by atoms with Gasteiger partial charge >= 0.3 is 0 Å². The molecule has 1 aliphatic heterocycles. The summed E-state index contributed by atoms with van der Waals surface area (Å²) in [4.78, 5) is 21.0. The Morgan fingerprint density at radius 3 is 2.77 bits per heavy atom. The molecule has 0 saturated carbocycles. The highest BCUT2D eigenvalue weighted by Gasteiger charge is 2.19. The molecular weight excluding hydrogens is 300 g/mol. The number of aryl methyl sites for hydroxylation is 2. The molecule has 2 aromatic rings. The summed E-state index contributed by atoms with van der Waals surface area (Å²) in [5, 5.41) is 2.77. The second-order valence-corrected chi connectivity index (χ2v) is 6.47. The van der Waals surface area contributed by atoms with Gasteiger partial charge in [0, 0.05) is 34.8 Å².